The maximum absolute atomic E-state index is 12.8. The zero-order valence-corrected chi connectivity index (χ0v) is 19.2. The van der Waals surface area contributed by atoms with Crippen molar-refractivity contribution >= 4 is 34.8 Å². The number of carbonyl (C=O) groups excluding carboxylic acids is 2. The molecule has 0 bridgehead atoms. The van der Waals surface area contributed by atoms with Gasteiger partial charge in [-0.3, -0.25) is 9.59 Å². The van der Waals surface area contributed by atoms with E-state index in [9.17, 15) is 9.59 Å². The van der Waals surface area contributed by atoms with Gasteiger partial charge in [-0.2, -0.15) is 0 Å². The normalized spacial score (nSPS) is 12.4. The molecule has 4 rings (SSSR count). The number of hydrogen-bond donors (Lipinski definition) is 4. The SMILES string of the molecule is C=CC(=O)NCCOc1cncnc1-c1[nH]c2c(c1Nc1cccc(Cl)c1OC)C(=O)NCC2. The smallest absolute Gasteiger partial charge is 0.255 e. The second-order valence-electron chi connectivity index (χ2n) is 7.26. The molecule has 3 aromatic rings. The Morgan fingerprint density at radius 1 is 1.38 bits per heavy atom. The number of para-hydroxylation sites is 1. The van der Waals surface area contributed by atoms with Crippen molar-refractivity contribution in [3.05, 3.63) is 59.7 Å². The van der Waals surface area contributed by atoms with Crippen LogP contribution >= 0.6 is 11.6 Å². The number of carbonyl (C=O) groups is 2. The first-order chi connectivity index (χ1) is 16.5. The van der Waals surface area contributed by atoms with Gasteiger partial charge in [0, 0.05) is 18.7 Å². The van der Waals surface area contributed by atoms with Gasteiger partial charge in [0.2, 0.25) is 5.91 Å². The molecule has 0 spiro atoms. The molecule has 34 heavy (non-hydrogen) atoms. The van der Waals surface area contributed by atoms with E-state index >= 15 is 0 Å². The summed E-state index contributed by atoms with van der Waals surface area (Å²) in [7, 11) is 1.52. The standard InChI is InChI=1S/C23H23ClN6O4/c1-3-17(31)26-9-10-34-16-11-25-12-28-19(16)21-20(18-14(29-21)7-8-27-23(18)32)30-15-6-4-5-13(24)22(15)33-2/h3-6,11-12,29-30H,1,7-10H2,2H3,(H,26,31)(H,27,32). The number of benzene rings is 1. The second-order valence-corrected chi connectivity index (χ2v) is 7.67. The van der Waals surface area contributed by atoms with Gasteiger partial charge in [-0.05, 0) is 18.2 Å². The molecule has 1 aliphatic heterocycles. The number of nitrogens with zero attached hydrogens (tertiary/aromatic N) is 2. The summed E-state index contributed by atoms with van der Waals surface area (Å²) >= 11 is 6.30. The van der Waals surface area contributed by atoms with Gasteiger partial charge in [0.05, 0.1) is 47.5 Å². The van der Waals surface area contributed by atoms with Crippen molar-refractivity contribution < 1.29 is 19.1 Å². The van der Waals surface area contributed by atoms with Crippen LogP contribution in [0.25, 0.3) is 11.4 Å². The van der Waals surface area contributed by atoms with Crippen LogP contribution in [0, 0.1) is 0 Å². The maximum Gasteiger partial charge on any atom is 0.255 e. The summed E-state index contributed by atoms with van der Waals surface area (Å²) in [4.78, 5) is 36.0. The van der Waals surface area contributed by atoms with E-state index < -0.39 is 0 Å². The van der Waals surface area contributed by atoms with Crippen LogP contribution in [0.3, 0.4) is 0 Å². The number of H-pyrrole nitrogens is 1. The fraction of sp³-hybridized carbons (Fsp3) is 0.217. The van der Waals surface area contributed by atoms with E-state index in [1.165, 1.54) is 25.7 Å². The summed E-state index contributed by atoms with van der Waals surface area (Å²) in [6.07, 6.45) is 4.73. The first kappa shape index (κ1) is 23.1. The zero-order chi connectivity index (χ0) is 24.1. The minimum atomic E-state index is -0.293. The number of fused-ring (bicyclic) bond motifs is 1. The van der Waals surface area contributed by atoms with Crippen LogP contribution in [-0.4, -0.2) is 53.6 Å². The molecule has 0 atom stereocenters. The topological polar surface area (TPSA) is 130 Å². The van der Waals surface area contributed by atoms with Gasteiger partial charge in [-0.25, -0.2) is 9.97 Å². The van der Waals surface area contributed by atoms with Crippen molar-refractivity contribution in [3.8, 4) is 22.9 Å². The number of ether oxygens (including phenoxy) is 2. The highest BCUT2D eigenvalue weighted by Gasteiger charge is 2.29. The zero-order valence-electron chi connectivity index (χ0n) is 18.4. The molecule has 0 fully saturated rings. The third kappa shape index (κ3) is 4.67. The molecule has 3 heterocycles. The number of halogens is 1. The quantitative estimate of drug-likeness (QED) is 0.272. The molecule has 11 heteroatoms. The van der Waals surface area contributed by atoms with E-state index in [1.54, 1.807) is 18.2 Å². The van der Waals surface area contributed by atoms with Crippen LogP contribution in [0.15, 0.2) is 43.4 Å². The molecular formula is C23H23ClN6O4. The molecule has 0 saturated heterocycles. The molecule has 0 saturated carbocycles. The number of amides is 2. The average molecular weight is 483 g/mol. The summed E-state index contributed by atoms with van der Waals surface area (Å²) in [5, 5.41) is 9.25. The van der Waals surface area contributed by atoms with E-state index in [-0.39, 0.29) is 25.0 Å². The van der Waals surface area contributed by atoms with Crippen LogP contribution in [0.1, 0.15) is 16.1 Å². The van der Waals surface area contributed by atoms with Crippen molar-refractivity contribution in [2.75, 3.05) is 32.1 Å². The highest BCUT2D eigenvalue weighted by atomic mass is 35.5. The van der Waals surface area contributed by atoms with Crippen LogP contribution in [0.4, 0.5) is 11.4 Å². The predicted octanol–water partition coefficient (Wildman–Crippen LogP) is 2.84. The molecular weight excluding hydrogens is 460 g/mol. The third-order valence-electron chi connectivity index (χ3n) is 5.16. The lowest BCUT2D eigenvalue weighted by Gasteiger charge is -2.17. The lowest BCUT2D eigenvalue weighted by molar-refractivity contribution is -0.116. The Bertz CT molecular complexity index is 1240. The minimum absolute atomic E-state index is 0.186. The molecule has 10 nitrogen and oxygen atoms in total. The van der Waals surface area contributed by atoms with Crippen molar-refractivity contribution in [1.29, 1.82) is 0 Å². The molecule has 0 aliphatic carbocycles. The molecule has 1 aliphatic rings. The number of nitrogens with one attached hydrogen (secondary N) is 4. The lowest BCUT2D eigenvalue weighted by Crippen LogP contribution is -2.31. The fourth-order valence-electron chi connectivity index (χ4n) is 3.65. The number of aromatic nitrogens is 3. The Morgan fingerprint density at radius 2 is 2.24 bits per heavy atom. The Balaban J connectivity index is 1.74. The summed E-state index contributed by atoms with van der Waals surface area (Å²) in [6, 6.07) is 5.30. The van der Waals surface area contributed by atoms with Gasteiger partial charge in [-0.1, -0.05) is 24.2 Å². The Labute approximate surface area is 200 Å². The first-order valence-electron chi connectivity index (χ1n) is 10.5. The van der Waals surface area contributed by atoms with E-state index in [1.807, 2.05) is 0 Å². The highest BCUT2D eigenvalue weighted by molar-refractivity contribution is 6.32. The maximum atomic E-state index is 12.8. The average Bonchev–Trinajstić information content (AvgIpc) is 3.21. The first-order valence-corrected chi connectivity index (χ1v) is 10.9. The third-order valence-corrected chi connectivity index (χ3v) is 5.45. The molecule has 0 radical (unpaired) electrons. The Morgan fingerprint density at radius 3 is 3.03 bits per heavy atom. The number of hydrogen-bond acceptors (Lipinski definition) is 7. The second kappa shape index (κ2) is 10.3. The van der Waals surface area contributed by atoms with Crippen molar-refractivity contribution in [2.45, 2.75) is 6.42 Å². The number of anilines is 2. The number of methoxy groups -OCH3 is 1. The van der Waals surface area contributed by atoms with Crippen LogP contribution < -0.4 is 25.4 Å². The van der Waals surface area contributed by atoms with Crippen LogP contribution in [0.2, 0.25) is 5.02 Å². The summed E-state index contributed by atoms with van der Waals surface area (Å²) in [5.41, 5.74) is 3.35. The van der Waals surface area contributed by atoms with Gasteiger partial charge in [-0.15, -0.1) is 0 Å². The van der Waals surface area contributed by atoms with E-state index in [0.717, 1.165) is 5.69 Å². The fourth-order valence-corrected chi connectivity index (χ4v) is 3.90. The summed E-state index contributed by atoms with van der Waals surface area (Å²) in [6.45, 7) is 4.39. The Kier molecular flexibility index (Phi) is 6.98. The van der Waals surface area contributed by atoms with E-state index in [4.69, 9.17) is 21.1 Å². The number of rotatable bonds is 9. The lowest BCUT2D eigenvalue weighted by atomic mass is 10.1. The largest absolute Gasteiger partial charge is 0.493 e. The summed E-state index contributed by atoms with van der Waals surface area (Å²) in [5.74, 6) is 0.322. The van der Waals surface area contributed by atoms with E-state index in [0.29, 0.717) is 57.8 Å². The van der Waals surface area contributed by atoms with Crippen molar-refractivity contribution in [3.63, 3.8) is 0 Å². The van der Waals surface area contributed by atoms with Gasteiger partial charge < -0.3 is 30.4 Å². The van der Waals surface area contributed by atoms with Crippen LogP contribution in [-0.2, 0) is 11.2 Å². The highest BCUT2D eigenvalue weighted by Crippen LogP contribution is 2.42. The van der Waals surface area contributed by atoms with Crippen LogP contribution in [0.5, 0.6) is 11.5 Å². The molecule has 176 valence electrons. The van der Waals surface area contributed by atoms with Gasteiger partial charge in [0.25, 0.3) is 5.91 Å². The monoisotopic (exact) mass is 482 g/mol. The van der Waals surface area contributed by atoms with Crippen molar-refractivity contribution in [2.24, 2.45) is 0 Å². The molecule has 1 aromatic carbocycles. The molecule has 0 unspecified atom stereocenters. The Hall–Kier alpha value is -4.05. The van der Waals surface area contributed by atoms with Crippen molar-refractivity contribution in [1.82, 2.24) is 25.6 Å². The molecule has 2 aromatic heterocycles. The van der Waals surface area contributed by atoms with Gasteiger partial charge in [0.15, 0.2) is 11.5 Å². The molecule has 2 amide bonds. The molecule has 4 N–H and O–H groups in total. The predicted molar refractivity (Wildman–Crippen MR) is 128 cm³/mol. The summed E-state index contributed by atoms with van der Waals surface area (Å²) < 4.78 is 11.3. The minimum Gasteiger partial charge on any atom is -0.493 e. The van der Waals surface area contributed by atoms with E-state index in [2.05, 4.69) is 37.5 Å². The van der Waals surface area contributed by atoms with Gasteiger partial charge >= 0.3 is 0 Å². The number of aromatic amines is 1. The van der Waals surface area contributed by atoms with Gasteiger partial charge in [0.1, 0.15) is 18.6 Å².